The molecule has 1 aliphatic rings. The van der Waals surface area contributed by atoms with E-state index in [1.807, 2.05) is 53.0 Å². The van der Waals surface area contributed by atoms with Gasteiger partial charge in [0.2, 0.25) is 0 Å². The van der Waals surface area contributed by atoms with Crippen molar-refractivity contribution in [1.29, 1.82) is 0 Å². The van der Waals surface area contributed by atoms with E-state index in [1.165, 1.54) is 12.1 Å². The Balaban J connectivity index is 1.28. The summed E-state index contributed by atoms with van der Waals surface area (Å²) in [6.45, 7) is 9.16. The van der Waals surface area contributed by atoms with E-state index in [9.17, 15) is 18.0 Å². The number of benzene rings is 3. The maximum absolute atomic E-state index is 14.0. The third kappa shape index (κ3) is 6.29. The SMILES string of the molecule is CCN1CCN(Cc2ccc(NC(=O)Nc3cccc(-c4ccc5cnn(CC)c5c4)c3)cc2C(F)(F)F)CC1. The molecule has 0 bridgehead atoms. The zero-order chi connectivity index (χ0) is 28.3. The number of carbonyl (C=O) groups is 1. The third-order valence-electron chi connectivity index (χ3n) is 7.38. The zero-order valence-electron chi connectivity index (χ0n) is 22.6. The van der Waals surface area contributed by atoms with Crippen molar-refractivity contribution < 1.29 is 18.0 Å². The fourth-order valence-electron chi connectivity index (χ4n) is 5.13. The van der Waals surface area contributed by atoms with Gasteiger partial charge < -0.3 is 15.5 Å². The third-order valence-corrected chi connectivity index (χ3v) is 7.38. The Morgan fingerprint density at radius 1 is 0.850 bits per heavy atom. The second-order valence-electron chi connectivity index (χ2n) is 9.97. The number of aryl methyl sites for hydroxylation is 1. The number of fused-ring (bicyclic) bond motifs is 1. The van der Waals surface area contributed by atoms with Gasteiger partial charge in [0.05, 0.1) is 17.3 Å². The number of hydrogen-bond donors (Lipinski definition) is 2. The van der Waals surface area contributed by atoms with Crippen molar-refractivity contribution in [2.24, 2.45) is 0 Å². The highest BCUT2D eigenvalue weighted by molar-refractivity contribution is 6.00. The number of anilines is 2. The molecule has 0 atom stereocenters. The molecule has 2 heterocycles. The molecule has 4 aromatic rings. The lowest BCUT2D eigenvalue weighted by Crippen LogP contribution is -2.45. The first-order chi connectivity index (χ1) is 19.2. The predicted octanol–water partition coefficient (Wildman–Crippen LogP) is 6.52. The molecule has 210 valence electrons. The summed E-state index contributed by atoms with van der Waals surface area (Å²) < 4.78 is 43.8. The lowest BCUT2D eigenvalue weighted by Gasteiger charge is -2.34. The van der Waals surface area contributed by atoms with Crippen LogP contribution in [-0.2, 0) is 19.3 Å². The molecule has 0 radical (unpaired) electrons. The summed E-state index contributed by atoms with van der Waals surface area (Å²) in [6.07, 6.45) is -2.70. The molecule has 40 heavy (non-hydrogen) atoms. The monoisotopic (exact) mass is 550 g/mol. The molecule has 1 aromatic heterocycles. The first-order valence-corrected chi connectivity index (χ1v) is 13.5. The minimum absolute atomic E-state index is 0.0822. The van der Waals surface area contributed by atoms with Crippen LogP contribution >= 0.6 is 0 Å². The van der Waals surface area contributed by atoms with Crippen LogP contribution in [0.5, 0.6) is 0 Å². The number of rotatable bonds is 7. The molecule has 0 unspecified atom stereocenters. The first kappa shape index (κ1) is 27.7. The fourth-order valence-corrected chi connectivity index (χ4v) is 5.13. The van der Waals surface area contributed by atoms with Crippen LogP contribution in [-0.4, -0.2) is 58.3 Å². The van der Waals surface area contributed by atoms with Crippen LogP contribution in [0.4, 0.5) is 29.3 Å². The van der Waals surface area contributed by atoms with Crippen LogP contribution < -0.4 is 10.6 Å². The number of piperazine rings is 1. The van der Waals surface area contributed by atoms with Gasteiger partial charge in [0, 0.05) is 56.0 Å². The summed E-state index contributed by atoms with van der Waals surface area (Å²) in [5.74, 6) is 0. The van der Waals surface area contributed by atoms with E-state index in [2.05, 4.69) is 33.6 Å². The minimum atomic E-state index is -4.53. The number of alkyl halides is 3. The van der Waals surface area contributed by atoms with Gasteiger partial charge >= 0.3 is 12.2 Å². The second-order valence-corrected chi connectivity index (χ2v) is 9.97. The zero-order valence-corrected chi connectivity index (χ0v) is 22.6. The Morgan fingerprint density at radius 2 is 1.55 bits per heavy atom. The van der Waals surface area contributed by atoms with E-state index >= 15 is 0 Å². The van der Waals surface area contributed by atoms with Crippen molar-refractivity contribution in [3.63, 3.8) is 0 Å². The van der Waals surface area contributed by atoms with E-state index < -0.39 is 17.8 Å². The fraction of sp³-hybridized carbons (Fsp3) is 0.333. The summed E-state index contributed by atoms with van der Waals surface area (Å²) in [5, 5.41) is 10.7. The molecular formula is C30H33F3N6O. The molecule has 10 heteroatoms. The Labute approximate surface area is 231 Å². The number of urea groups is 1. The standard InChI is InChI=1S/C30H33F3N6O/c1-3-37-12-14-38(15-13-37)20-24-10-11-26(18-27(24)30(31,32)33)36-29(40)35-25-7-5-6-21(16-25)22-8-9-23-19-34-39(4-2)28(23)17-22/h5-11,16-19H,3-4,12-15,20H2,1-2H3,(H2,35,36,40). The van der Waals surface area contributed by atoms with E-state index in [0.29, 0.717) is 5.69 Å². The van der Waals surface area contributed by atoms with E-state index in [0.717, 1.165) is 67.4 Å². The maximum atomic E-state index is 14.0. The normalized spacial score (nSPS) is 14.9. The van der Waals surface area contributed by atoms with Crippen LogP contribution in [0.3, 0.4) is 0 Å². The number of amides is 2. The molecular weight excluding hydrogens is 517 g/mol. The largest absolute Gasteiger partial charge is 0.416 e. The lowest BCUT2D eigenvalue weighted by molar-refractivity contribution is -0.138. The van der Waals surface area contributed by atoms with Crippen molar-refractivity contribution >= 4 is 28.3 Å². The number of halogens is 3. The first-order valence-electron chi connectivity index (χ1n) is 13.5. The van der Waals surface area contributed by atoms with Crippen molar-refractivity contribution in [1.82, 2.24) is 19.6 Å². The highest BCUT2D eigenvalue weighted by Crippen LogP contribution is 2.35. The van der Waals surface area contributed by atoms with Gasteiger partial charge in [0.25, 0.3) is 0 Å². The Hall–Kier alpha value is -3.89. The molecule has 5 rings (SSSR count). The molecule has 3 aromatic carbocycles. The maximum Gasteiger partial charge on any atom is 0.416 e. The van der Waals surface area contributed by atoms with Crippen LogP contribution in [0, 0.1) is 0 Å². The molecule has 0 saturated carbocycles. The Morgan fingerprint density at radius 3 is 2.25 bits per heavy atom. The van der Waals surface area contributed by atoms with Crippen molar-refractivity contribution in [3.8, 4) is 11.1 Å². The van der Waals surface area contributed by atoms with Gasteiger partial charge in [0.1, 0.15) is 0 Å². The van der Waals surface area contributed by atoms with Gasteiger partial charge in [-0.15, -0.1) is 0 Å². The van der Waals surface area contributed by atoms with Crippen molar-refractivity contribution in [3.05, 3.63) is 78.0 Å². The topological polar surface area (TPSA) is 65.4 Å². The molecule has 1 aliphatic heterocycles. The number of aromatic nitrogens is 2. The molecule has 1 saturated heterocycles. The molecule has 2 N–H and O–H groups in total. The highest BCUT2D eigenvalue weighted by atomic mass is 19.4. The minimum Gasteiger partial charge on any atom is -0.308 e. The van der Waals surface area contributed by atoms with Crippen LogP contribution in [0.2, 0.25) is 0 Å². The molecule has 0 spiro atoms. The summed E-state index contributed by atoms with van der Waals surface area (Å²) in [5.41, 5.74) is 2.96. The summed E-state index contributed by atoms with van der Waals surface area (Å²) in [4.78, 5) is 17.1. The van der Waals surface area contributed by atoms with Crippen molar-refractivity contribution in [2.45, 2.75) is 33.1 Å². The van der Waals surface area contributed by atoms with E-state index in [-0.39, 0.29) is 17.8 Å². The highest BCUT2D eigenvalue weighted by Gasteiger charge is 2.34. The van der Waals surface area contributed by atoms with Gasteiger partial charge in [-0.05, 0) is 60.5 Å². The average Bonchev–Trinajstić information content (AvgIpc) is 3.36. The van der Waals surface area contributed by atoms with Crippen LogP contribution in [0.25, 0.3) is 22.0 Å². The number of nitrogens with zero attached hydrogens (tertiary/aromatic N) is 4. The van der Waals surface area contributed by atoms with E-state index in [1.54, 1.807) is 6.07 Å². The predicted molar refractivity (Wildman–Crippen MR) is 152 cm³/mol. The lowest BCUT2D eigenvalue weighted by atomic mass is 10.0. The van der Waals surface area contributed by atoms with E-state index in [4.69, 9.17) is 0 Å². The smallest absolute Gasteiger partial charge is 0.308 e. The van der Waals surface area contributed by atoms with Gasteiger partial charge in [-0.1, -0.05) is 37.3 Å². The molecule has 0 aliphatic carbocycles. The summed E-state index contributed by atoms with van der Waals surface area (Å²) >= 11 is 0. The molecule has 7 nitrogen and oxygen atoms in total. The van der Waals surface area contributed by atoms with Crippen molar-refractivity contribution in [2.75, 3.05) is 43.4 Å². The van der Waals surface area contributed by atoms with Gasteiger partial charge in [-0.25, -0.2) is 4.79 Å². The summed E-state index contributed by atoms with van der Waals surface area (Å²) in [6, 6.07) is 16.8. The number of likely N-dealkylation sites (N-methyl/N-ethyl adjacent to an activating group) is 1. The second kappa shape index (κ2) is 11.7. The van der Waals surface area contributed by atoms with Gasteiger partial charge in [-0.3, -0.25) is 9.58 Å². The Kier molecular flexibility index (Phi) is 8.09. The quantitative estimate of drug-likeness (QED) is 0.275. The number of hydrogen-bond acceptors (Lipinski definition) is 4. The van der Waals surface area contributed by atoms with Gasteiger partial charge in [-0.2, -0.15) is 18.3 Å². The van der Waals surface area contributed by atoms with Crippen LogP contribution in [0.15, 0.2) is 66.9 Å². The number of nitrogens with one attached hydrogen (secondary N) is 2. The summed E-state index contributed by atoms with van der Waals surface area (Å²) in [7, 11) is 0. The number of carbonyl (C=O) groups excluding carboxylic acids is 1. The molecule has 2 amide bonds. The van der Waals surface area contributed by atoms with Crippen LogP contribution in [0.1, 0.15) is 25.0 Å². The molecule has 1 fully saturated rings. The Bertz CT molecular complexity index is 1490. The van der Waals surface area contributed by atoms with Gasteiger partial charge in [0.15, 0.2) is 0 Å². The average molecular weight is 551 g/mol.